The number of hydrogen-bond donors (Lipinski definition) is 2. The van der Waals surface area contributed by atoms with Gasteiger partial charge in [-0.2, -0.15) is 5.26 Å². The van der Waals surface area contributed by atoms with E-state index in [9.17, 15) is 13.9 Å². The molecule has 1 amide bonds. The zero-order valence-corrected chi connectivity index (χ0v) is 11.6. The zero-order valence-electron chi connectivity index (χ0n) is 10.00. The number of carbonyl (C=O) groups excluding carboxylic acids is 1. The molecule has 2 rings (SSSR count). The number of nitrogens with zero attached hydrogens (tertiary/aromatic N) is 2. The van der Waals surface area contributed by atoms with Crippen molar-refractivity contribution in [2.24, 2.45) is 0 Å². The summed E-state index contributed by atoms with van der Waals surface area (Å²) in [5.74, 6) is -0.497. The molecular formula is C12H11ClN2O3S. The van der Waals surface area contributed by atoms with Gasteiger partial charge in [0.2, 0.25) is 0 Å². The lowest BCUT2D eigenvalue weighted by Crippen LogP contribution is -2.29. The molecule has 1 aromatic carbocycles. The molecular weight excluding hydrogens is 288 g/mol. The first-order chi connectivity index (χ1) is 8.87. The molecule has 0 aromatic heterocycles. The molecule has 0 spiro atoms. The fraction of sp³-hybridized carbons (Fsp3) is 0.167. The zero-order chi connectivity index (χ0) is 14.2. The highest BCUT2D eigenvalue weighted by molar-refractivity contribution is 8.23. The van der Waals surface area contributed by atoms with E-state index in [4.69, 9.17) is 16.9 Å². The van der Waals surface area contributed by atoms with Crippen molar-refractivity contribution in [3.8, 4) is 6.07 Å². The average Bonchev–Trinajstić information content (AvgIpc) is 2.51. The summed E-state index contributed by atoms with van der Waals surface area (Å²) in [6, 6.07) is 6.19. The molecule has 1 aliphatic rings. The molecule has 19 heavy (non-hydrogen) atoms. The van der Waals surface area contributed by atoms with Crippen molar-refractivity contribution in [1.82, 2.24) is 4.31 Å². The van der Waals surface area contributed by atoms with Gasteiger partial charge in [-0.3, -0.25) is 13.9 Å². The Balaban J connectivity index is 2.43. The summed E-state index contributed by atoms with van der Waals surface area (Å²) in [5.41, 5.74) is 0.756. The fourth-order valence-corrected chi connectivity index (χ4v) is 3.64. The van der Waals surface area contributed by atoms with E-state index in [0.29, 0.717) is 10.6 Å². The Labute approximate surface area is 117 Å². The summed E-state index contributed by atoms with van der Waals surface area (Å²) < 4.78 is 21.3. The lowest BCUT2D eigenvalue weighted by atomic mass is 10.2. The quantitative estimate of drug-likeness (QED) is 0.821. The van der Waals surface area contributed by atoms with Crippen LogP contribution >= 0.6 is 22.4 Å². The number of fused-ring (bicyclic) bond motifs is 1. The highest BCUT2D eigenvalue weighted by Gasteiger charge is 2.41. The lowest BCUT2D eigenvalue weighted by molar-refractivity contribution is 0.0870. The predicted molar refractivity (Wildman–Crippen MR) is 73.0 cm³/mol. The number of rotatable bonds is 2. The van der Waals surface area contributed by atoms with E-state index in [1.807, 2.05) is 6.07 Å². The molecule has 2 N–H and O–H groups in total. The van der Waals surface area contributed by atoms with Gasteiger partial charge in [0.1, 0.15) is 0 Å². The smallest absolute Gasteiger partial charge is 0.274 e. The van der Waals surface area contributed by atoms with E-state index in [0.717, 1.165) is 4.31 Å². The minimum absolute atomic E-state index is 0.0129. The molecule has 1 aromatic rings. The molecule has 0 unspecified atom stereocenters. The van der Waals surface area contributed by atoms with Crippen molar-refractivity contribution in [3.63, 3.8) is 0 Å². The molecule has 0 saturated carbocycles. The SMILES string of the molecule is C/C(=C\C#N)CN1C(=O)c2cc(Cl)ccc2S1(O)O. The van der Waals surface area contributed by atoms with Crippen LogP contribution < -0.4 is 0 Å². The summed E-state index contributed by atoms with van der Waals surface area (Å²) in [4.78, 5) is 12.3. The van der Waals surface area contributed by atoms with Crippen molar-refractivity contribution < 1.29 is 13.9 Å². The van der Waals surface area contributed by atoms with Gasteiger partial charge in [-0.25, -0.2) is 4.31 Å². The van der Waals surface area contributed by atoms with E-state index in [-0.39, 0.29) is 17.0 Å². The number of benzene rings is 1. The van der Waals surface area contributed by atoms with E-state index in [1.54, 1.807) is 6.92 Å². The number of hydrogen-bond acceptors (Lipinski definition) is 4. The maximum absolute atomic E-state index is 12.2. The van der Waals surface area contributed by atoms with Crippen LogP contribution in [0, 0.1) is 11.3 Å². The third-order valence-electron chi connectivity index (χ3n) is 2.70. The molecule has 5 nitrogen and oxygen atoms in total. The molecule has 0 aliphatic carbocycles. The van der Waals surface area contributed by atoms with Crippen molar-refractivity contribution >= 4 is 28.3 Å². The van der Waals surface area contributed by atoms with Crippen LogP contribution in [0.3, 0.4) is 0 Å². The first-order valence-electron chi connectivity index (χ1n) is 5.33. The maximum Gasteiger partial charge on any atom is 0.274 e. The van der Waals surface area contributed by atoms with Crippen LogP contribution in [0.5, 0.6) is 0 Å². The first-order valence-corrected chi connectivity index (χ1v) is 7.21. The standard InChI is InChI=1S/C12H11ClN2O3S/c1-8(4-5-14)7-15-12(16)10-6-9(13)2-3-11(10)19(15,17)18/h2-4,6,17-18H,7H2,1H3/b8-4+. The van der Waals surface area contributed by atoms with Crippen molar-refractivity contribution in [2.75, 3.05) is 6.54 Å². The Morgan fingerprint density at radius 2 is 2.26 bits per heavy atom. The molecule has 100 valence electrons. The largest absolute Gasteiger partial charge is 0.277 e. The van der Waals surface area contributed by atoms with Gasteiger partial charge in [-0.1, -0.05) is 22.4 Å². The third-order valence-corrected chi connectivity index (χ3v) is 4.80. The predicted octanol–water partition coefficient (Wildman–Crippen LogP) is 3.29. The molecule has 1 aliphatic heterocycles. The Bertz CT molecular complexity index is 622. The second kappa shape index (κ2) is 4.87. The van der Waals surface area contributed by atoms with Crippen LogP contribution in [-0.4, -0.2) is 25.9 Å². The average molecular weight is 299 g/mol. The van der Waals surface area contributed by atoms with Crippen LogP contribution in [0.15, 0.2) is 34.7 Å². The Morgan fingerprint density at radius 1 is 1.58 bits per heavy atom. The fourth-order valence-electron chi connectivity index (χ4n) is 1.82. The lowest BCUT2D eigenvalue weighted by Gasteiger charge is -2.37. The summed E-state index contributed by atoms with van der Waals surface area (Å²) in [6.07, 6.45) is 1.26. The second-order valence-electron chi connectivity index (χ2n) is 4.12. The molecule has 0 saturated heterocycles. The number of amides is 1. The normalized spacial score (nSPS) is 19.0. The monoisotopic (exact) mass is 298 g/mol. The van der Waals surface area contributed by atoms with Gasteiger partial charge >= 0.3 is 0 Å². The molecule has 1 heterocycles. The third kappa shape index (κ3) is 2.33. The van der Waals surface area contributed by atoms with E-state index in [2.05, 4.69) is 0 Å². The van der Waals surface area contributed by atoms with Gasteiger partial charge in [0, 0.05) is 11.1 Å². The highest BCUT2D eigenvalue weighted by atomic mass is 35.5. The highest BCUT2D eigenvalue weighted by Crippen LogP contribution is 2.58. The number of allylic oxidation sites excluding steroid dienone is 1. The number of halogens is 1. The summed E-state index contributed by atoms with van der Waals surface area (Å²) >= 11 is 5.81. The van der Waals surface area contributed by atoms with Crippen molar-refractivity contribution in [1.29, 1.82) is 5.26 Å². The Hall–Kier alpha value is -1.52. The van der Waals surface area contributed by atoms with Crippen molar-refractivity contribution in [2.45, 2.75) is 11.8 Å². The van der Waals surface area contributed by atoms with Gasteiger partial charge in [0.05, 0.1) is 23.1 Å². The maximum atomic E-state index is 12.2. The van der Waals surface area contributed by atoms with E-state index < -0.39 is 16.7 Å². The van der Waals surface area contributed by atoms with Crippen molar-refractivity contribution in [3.05, 3.63) is 40.4 Å². The van der Waals surface area contributed by atoms with Crippen LogP contribution in [-0.2, 0) is 0 Å². The molecule has 0 bridgehead atoms. The molecule has 0 radical (unpaired) electrons. The van der Waals surface area contributed by atoms with Gasteiger partial charge in [0.25, 0.3) is 5.91 Å². The van der Waals surface area contributed by atoms with E-state index in [1.165, 1.54) is 24.3 Å². The summed E-state index contributed by atoms with van der Waals surface area (Å²) in [5, 5.41) is 8.91. The minimum Gasteiger partial charge on any atom is -0.277 e. The Kier molecular flexibility index (Phi) is 3.56. The van der Waals surface area contributed by atoms with E-state index >= 15 is 0 Å². The first kappa shape index (κ1) is 13.9. The van der Waals surface area contributed by atoms with Gasteiger partial charge < -0.3 is 0 Å². The van der Waals surface area contributed by atoms with Gasteiger partial charge in [-0.15, -0.1) is 0 Å². The number of nitriles is 1. The van der Waals surface area contributed by atoms with Crippen LogP contribution in [0.1, 0.15) is 17.3 Å². The van der Waals surface area contributed by atoms with Crippen LogP contribution in [0.4, 0.5) is 0 Å². The molecule has 7 heteroatoms. The van der Waals surface area contributed by atoms with Gasteiger partial charge in [-0.05, 0) is 30.7 Å². The summed E-state index contributed by atoms with van der Waals surface area (Å²) in [7, 11) is -3.35. The molecule has 0 atom stereocenters. The molecule has 0 fully saturated rings. The topological polar surface area (TPSA) is 84.6 Å². The second-order valence-corrected chi connectivity index (χ2v) is 6.48. The van der Waals surface area contributed by atoms with Gasteiger partial charge in [0.15, 0.2) is 0 Å². The minimum atomic E-state index is -3.35. The number of carbonyl (C=O) groups is 1. The Morgan fingerprint density at radius 3 is 2.89 bits per heavy atom. The van der Waals surface area contributed by atoms with Crippen LogP contribution in [0.25, 0.3) is 0 Å². The summed E-state index contributed by atoms with van der Waals surface area (Å²) in [6.45, 7) is 1.63. The van der Waals surface area contributed by atoms with Crippen LogP contribution in [0.2, 0.25) is 5.02 Å².